The number of allylic oxidation sites excluding steroid dienone is 1. The second-order valence-corrected chi connectivity index (χ2v) is 9.90. The molecule has 5 nitrogen and oxygen atoms in total. The molecule has 2 aromatic carbocycles. The molecule has 34 heavy (non-hydrogen) atoms. The monoisotopic (exact) mass is 476 g/mol. The molecule has 0 saturated carbocycles. The van der Waals surface area contributed by atoms with Gasteiger partial charge in [0.15, 0.2) is 0 Å². The molecule has 180 valence electrons. The normalized spacial score (nSPS) is 18.5. The van der Waals surface area contributed by atoms with Crippen molar-refractivity contribution in [2.45, 2.75) is 63.8 Å². The van der Waals surface area contributed by atoms with E-state index >= 15 is 0 Å². The molecule has 2 aliphatic rings. The van der Waals surface area contributed by atoms with Crippen molar-refractivity contribution in [1.82, 2.24) is 9.62 Å². The first-order valence-corrected chi connectivity index (χ1v) is 13.1. The molecule has 1 fully saturated rings. The van der Waals surface area contributed by atoms with Gasteiger partial charge in [0.25, 0.3) is 0 Å². The van der Waals surface area contributed by atoms with Crippen LogP contribution >= 0.6 is 11.9 Å². The number of amidine groups is 1. The van der Waals surface area contributed by atoms with Gasteiger partial charge in [0.2, 0.25) is 0 Å². The molecule has 6 heteroatoms. The Bertz CT molecular complexity index is 1110. The number of rotatable bonds is 7. The molecule has 0 radical (unpaired) electrons. The number of benzene rings is 2. The minimum absolute atomic E-state index is 0.561. The van der Waals surface area contributed by atoms with E-state index < -0.39 is 0 Å². The van der Waals surface area contributed by atoms with Gasteiger partial charge in [-0.1, -0.05) is 39.0 Å². The summed E-state index contributed by atoms with van der Waals surface area (Å²) in [6, 6.07) is 15.0. The number of aliphatic imine (C=N–C) groups is 1. The Kier molecular flexibility index (Phi) is 8.01. The average molecular weight is 477 g/mol. The lowest BCUT2D eigenvalue weighted by Gasteiger charge is -2.32. The van der Waals surface area contributed by atoms with Gasteiger partial charge in [-0.05, 0) is 80.5 Å². The zero-order valence-electron chi connectivity index (χ0n) is 20.8. The highest BCUT2D eigenvalue weighted by Crippen LogP contribution is 2.37. The van der Waals surface area contributed by atoms with Crippen molar-refractivity contribution < 1.29 is 4.74 Å². The lowest BCUT2D eigenvalue weighted by Crippen LogP contribution is -2.31. The summed E-state index contributed by atoms with van der Waals surface area (Å²) in [5.41, 5.74) is 6.20. The minimum Gasteiger partial charge on any atom is -0.496 e. The van der Waals surface area contributed by atoms with E-state index in [-0.39, 0.29) is 0 Å². The van der Waals surface area contributed by atoms with Gasteiger partial charge in [-0.3, -0.25) is 0 Å². The third kappa shape index (κ3) is 5.34. The van der Waals surface area contributed by atoms with Crippen molar-refractivity contribution in [2.75, 3.05) is 19.0 Å². The van der Waals surface area contributed by atoms with Crippen molar-refractivity contribution in [3.05, 3.63) is 65.9 Å². The number of anilines is 1. The van der Waals surface area contributed by atoms with Gasteiger partial charge in [0.1, 0.15) is 11.6 Å². The summed E-state index contributed by atoms with van der Waals surface area (Å²) >= 11 is 1.79. The molecule has 2 N–H and O–H groups in total. The van der Waals surface area contributed by atoms with Crippen molar-refractivity contribution in [3.8, 4) is 5.75 Å². The lowest BCUT2D eigenvalue weighted by molar-refractivity contribution is 0.292. The van der Waals surface area contributed by atoms with Gasteiger partial charge in [-0.15, -0.1) is 0 Å². The van der Waals surface area contributed by atoms with Crippen molar-refractivity contribution >= 4 is 34.9 Å². The molecular weight excluding hydrogens is 440 g/mol. The van der Waals surface area contributed by atoms with Crippen LogP contribution in [0.2, 0.25) is 0 Å². The maximum atomic E-state index is 5.69. The predicted molar refractivity (Wildman–Crippen MR) is 146 cm³/mol. The number of hydrogen-bond acceptors (Lipinski definition) is 6. The molecule has 1 atom stereocenters. The third-order valence-electron chi connectivity index (χ3n) is 6.52. The fraction of sp³-hybridized carbons (Fsp3) is 0.393. The molecule has 0 bridgehead atoms. The number of fused-ring (bicyclic) bond motifs is 1. The number of methoxy groups -OCH3 is 1. The summed E-state index contributed by atoms with van der Waals surface area (Å²) in [6.07, 6.45) is 5.57. The minimum atomic E-state index is 0.561. The Hall–Kier alpha value is -2.70. The summed E-state index contributed by atoms with van der Waals surface area (Å²) in [6.45, 7) is 12.1. The highest BCUT2D eigenvalue weighted by molar-refractivity contribution is 7.97. The number of ether oxygens (including phenoxy) is 1. The topological polar surface area (TPSA) is 48.9 Å². The molecule has 1 saturated heterocycles. The van der Waals surface area contributed by atoms with Crippen LogP contribution in [-0.4, -0.2) is 29.8 Å². The predicted octanol–water partition coefficient (Wildman–Crippen LogP) is 7.37. The molecule has 2 aromatic rings. The van der Waals surface area contributed by atoms with Crippen LogP contribution in [0.4, 0.5) is 11.4 Å². The van der Waals surface area contributed by atoms with Crippen LogP contribution in [0.15, 0.2) is 70.2 Å². The van der Waals surface area contributed by atoms with E-state index in [0.29, 0.717) is 6.04 Å². The van der Waals surface area contributed by atoms with Crippen LogP contribution in [0.5, 0.6) is 5.75 Å². The molecular formula is C28H36N4OS. The van der Waals surface area contributed by atoms with Gasteiger partial charge < -0.3 is 15.4 Å². The standard InChI is InChI=1S/C28H36N4OS/c1-6-22-23(7-2)30-24-13-8-9-14-25(24)31-28(22)29-20(4)21-15-16-26(33-5)27(18-21)34-32-17-11-10-12-19(32)3/h8-9,13-16,18-19,30H,4,6-7,10-12,17H2,1-3,5H3,(H,29,31). The highest BCUT2D eigenvalue weighted by atomic mass is 32.2. The Morgan fingerprint density at radius 2 is 2.03 bits per heavy atom. The van der Waals surface area contributed by atoms with Gasteiger partial charge in [0, 0.05) is 29.6 Å². The average Bonchev–Trinajstić information content (AvgIpc) is 3.01. The fourth-order valence-electron chi connectivity index (χ4n) is 4.52. The van der Waals surface area contributed by atoms with Crippen LogP contribution < -0.4 is 15.4 Å². The van der Waals surface area contributed by atoms with E-state index in [4.69, 9.17) is 9.73 Å². The van der Waals surface area contributed by atoms with Crippen LogP contribution in [0.3, 0.4) is 0 Å². The first-order chi connectivity index (χ1) is 16.5. The largest absolute Gasteiger partial charge is 0.496 e. The summed E-state index contributed by atoms with van der Waals surface area (Å²) in [5, 5.41) is 7.15. The van der Waals surface area contributed by atoms with Crippen LogP contribution in [0.1, 0.15) is 58.4 Å². The number of nitrogens with zero attached hydrogens (tertiary/aromatic N) is 2. The summed E-state index contributed by atoms with van der Waals surface area (Å²) in [7, 11) is 1.74. The second-order valence-electron chi connectivity index (χ2n) is 8.81. The van der Waals surface area contributed by atoms with Gasteiger partial charge >= 0.3 is 0 Å². The van der Waals surface area contributed by atoms with E-state index in [2.05, 4.69) is 60.5 Å². The van der Waals surface area contributed by atoms with E-state index in [1.807, 2.05) is 24.3 Å². The van der Waals surface area contributed by atoms with Crippen LogP contribution in [0.25, 0.3) is 5.70 Å². The first kappa shape index (κ1) is 24.4. The maximum absolute atomic E-state index is 5.69. The Balaban J connectivity index is 1.63. The smallest absolute Gasteiger partial charge is 0.136 e. The summed E-state index contributed by atoms with van der Waals surface area (Å²) < 4.78 is 8.17. The molecule has 2 aliphatic heterocycles. The molecule has 2 heterocycles. The zero-order chi connectivity index (χ0) is 24.1. The molecule has 0 amide bonds. The number of hydrogen-bond donors (Lipinski definition) is 2. The van der Waals surface area contributed by atoms with Crippen molar-refractivity contribution in [3.63, 3.8) is 0 Å². The van der Waals surface area contributed by atoms with Gasteiger partial charge in [0.05, 0.1) is 23.4 Å². The van der Waals surface area contributed by atoms with E-state index in [9.17, 15) is 0 Å². The third-order valence-corrected chi connectivity index (χ3v) is 7.81. The Morgan fingerprint density at radius 1 is 1.21 bits per heavy atom. The molecule has 0 spiro atoms. The summed E-state index contributed by atoms with van der Waals surface area (Å²) in [4.78, 5) is 6.12. The van der Waals surface area contributed by atoms with Gasteiger partial charge in [-0.25, -0.2) is 9.30 Å². The number of nitrogens with one attached hydrogen (secondary N) is 2. The first-order valence-electron chi connectivity index (χ1n) is 12.3. The number of piperidine rings is 1. The molecule has 4 rings (SSSR count). The molecule has 1 unspecified atom stereocenters. The lowest BCUT2D eigenvalue weighted by atomic mass is 10.1. The maximum Gasteiger partial charge on any atom is 0.136 e. The van der Waals surface area contributed by atoms with Gasteiger partial charge in [-0.2, -0.15) is 0 Å². The molecule has 0 aromatic heterocycles. The Labute approximate surface area is 208 Å². The summed E-state index contributed by atoms with van der Waals surface area (Å²) in [5.74, 6) is 1.75. The zero-order valence-corrected chi connectivity index (χ0v) is 21.6. The molecule has 0 aliphatic carbocycles. The number of para-hydroxylation sites is 2. The van der Waals surface area contributed by atoms with Crippen molar-refractivity contribution in [2.24, 2.45) is 4.99 Å². The van der Waals surface area contributed by atoms with Crippen LogP contribution in [0, 0.1) is 0 Å². The SMILES string of the molecule is C=C(NC1=Nc2ccccc2NC(CC)=C1CC)c1ccc(OC)c(SN2CCCCC2C)c1. The quantitative estimate of drug-likeness (QED) is 0.409. The Morgan fingerprint density at radius 3 is 2.76 bits per heavy atom. The van der Waals surface area contributed by atoms with Crippen molar-refractivity contribution in [1.29, 1.82) is 0 Å². The van der Waals surface area contributed by atoms with E-state index in [1.54, 1.807) is 19.1 Å². The van der Waals surface area contributed by atoms with E-state index in [0.717, 1.165) is 58.5 Å². The fourth-order valence-corrected chi connectivity index (χ4v) is 5.70. The van der Waals surface area contributed by atoms with E-state index in [1.165, 1.54) is 30.5 Å². The highest BCUT2D eigenvalue weighted by Gasteiger charge is 2.22. The van der Waals surface area contributed by atoms with Crippen LogP contribution in [-0.2, 0) is 0 Å². The second kappa shape index (κ2) is 11.2.